The molecule has 0 saturated heterocycles. The Balaban J connectivity index is 2.56. The van der Waals surface area contributed by atoms with Crippen LogP contribution in [0.2, 0.25) is 0 Å². The van der Waals surface area contributed by atoms with Crippen molar-refractivity contribution in [3.8, 4) is 0 Å². The van der Waals surface area contributed by atoms with E-state index in [1.165, 1.54) is 24.5 Å². The number of pyridine rings is 1. The maximum absolute atomic E-state index is 11.5. The molecule has 1 aromatic rings. The van der Waals surface area contributed by atoms with Crippen molar-refractivity contribution >= 4 is 12.0 Å². The van der Waals surface area contributed by atoms with Crippen LogP contribution in [0, 0.1) is 0 Å². The van der Waals surface area contributed by atoms with Gasteiger partial charge in [-0.1, -0.05) is 0 Å². The first-order valence-electron chi connectivity index (χ1n) is 4.83. The summed E-state index contributed by atoms with van der Waals surface area (Å²) >= 11 is 0. The lowest BCUT2D eigenvalue weighted by Gasteiger charge is -2.19. The van der Waals surface area contributed by atoms with Crippen molar-refractivity contribution in [3.63, 3.8) is 0 Å². The largest absolute Gasteiger partial charge is 0.444 e. The molecule has 0 fully saturated rings. The minimum atomic E-state index is -0.755. The van der Waals surface area contributed by atoms with E-state index in [1.807, 2.05) is 0 Å². The molecule has 0 aromatic carbocycles. The van der Waals surface area contributed by atoms with Gasteiger partial charge in [0.2, 0.25) is 0 Å². The third-order valence-electron chi connectivity index (χ3n) is 1.56. The van der Waals surface area contributed by atoms with Gasteiger partial charge in [-0.3, -0.25) is 15.1 Å². The fraction of sp³-hybridized carbons (Fsp3) is 0.364. The summed E-state index contributed by atoms with van der Waals surface area (Å²) in [6.07, 6.45) is 2.20. The molecule has 0 radical (unpaired) electrons. The minimum absolute atomic E-state index is 0.362. The predicted molar refractivity (Wildman–Crippen MR) is 57.9 cm³/mol. The molecule has 0 saturated carbocycles. The Bertz CT molecular complexity index is 382. The molecule has 5 nitrogen and oxygen atoms in total. The summed E-state index contributed by atoms with van der Waals surface area (Å²) in [7, 11) is 0. The first-order chi connectivity index (χ1) is 7.38. The Morgan fingerprint density at radius 1 is 1.25 bits per heavy atom. The van der Waals surface area contributed by atoms with Crippen molar-refractivity contribution in [1.82, 2.24) is 10.3 Å². The van der Waals surface area contributed by atoms with Gasteiger partial charge in [0.1, 0.15) is 5.60 Å². The molecule has 0 bridgehead atoms. The van der Waals surface area contributed by atoms with Crippen LogP contribution in [0.15, 0.2) is 24.5 Å². The zero-order valence-corrected chi connectivity index (χ0v) is 9.48. The van der Waals surface area contributed by atoms with E-state index in [4.69, 9.17) is 4.74 Å². The second kappa shape index (κ2) is 4.74. The third kappa shape index (κ3) is 4.08. The van der Waals surface area contributed by atoms with Gasteiger partial charge >= 0.3 is 6.09 Å². The number of aromatic nitrogens is 1. The van der Waals surface area contributed by atoms with Crippen LogP contribution >= 0.6 is 0 Å². The molecule has 0 aliphatic rings. The fourth-order valence-electron chi connectivity index (χ4n) is 0.972. The van der Waals surface area contributed by atoms with Crippen LogP contribution in [0.25, 0.3) is 0 Å². The van der Waals surface area contributed by atoms with E-state index in [0.29, 0.717) is 5.56 Å². The van der Waals surface area contributed by atoms with E-state index in [0.717, 1.165) is 0 Å². The molecule has 5 heteroatoms. The third-order valence-corrected chi connectivity index (χ3v) is 1.56. The monoisotopic (exact) mass is 222 g/mol. The van der Waals surface area contributed by atoms with Crippen LogP contribution in [0.1, 0.15) is 31.1 Å². The number of nitrogens with zero attached hydrogens (tertiary/aromatic N) is 1. The molecule has 1 heterocycles. The summed E-state index contributed by atoms with van der Waals surface area (Å²) in [6, 6.07) is 3.03. The number of ether oxygens (including phenoxy) is 1. The van der Waals surface area contributed by atoms with Crippen molar-refractivity contribution in [2.75, 3.05) is 0 Å². The van der Waals surface area contributed by atoms with Gasteiger partial charge in [-0.25, -0.2) is 4.79 Å². The quantitative estimate of drug-likeness (QED) is 0.785. The molecule has 1 N–H and O–H groups in total. The van der Waals surface area contributed by atoms with Gasteiger partial charge in [-0.15, -0.1) is 0 Å². The van der Waals surface area contributed by atoms with Gasteiger partial charge < -0.3 is 4.74 Å². The first-order valence-corrected chi connectivity index (χ1v) is 4.83. The van der Waals surface area contributed by atoms with Crippen molar-refractivity contribution in [3.05, 3.63) is 30.1 Å². The van der Waals surface area contributed by atoms with E-state index < -0.39 is 17.6 Å². The maximum atomic E-state index is 11.5. The number of nitrogens with one attached hydrogen (secondary N) is 1. The summed E-state index contributed by atoms with van der Waals surface area (Å²) in [6.45, 7) is 5.18. The standard InChI is InChI=1S/C11H14N2O3/c1-11(2,3)16-10(15)13-9(14)8-4-6-12-7-5-8/h4-7H,1-3H3,(H,13,14,15). The Morgan fingerprint density at radius 3 is 2.31 bits per heavy atom. The van der Waals surface area contributed by atoms with E-state index in [2.05, 4.69) is 10.3 Å². The van der Waals surface area contributed by atoms with Crippen molar-refractivity contribution in [2.45, 2.75) is 26.4 Å². The van der Waals surface area contributed by atoms with E-state index in [1.54, 1.807) is 20.8 Å². The lowest BCUT2D eigenvalue weighted by Crippen LogP contribution is -2.36. The Morgan fingerprint density at radius 2 is 1.81 bits per heavy atom. The van der Waals surface area contributed by atoms with Crippen LogP contribution in [-0.2, 0) is 4.74 Å². The van der Waals surface area contributed by atoms with E-state index >= 15 is 0 Å². The molecule has 2 amide bonds. The van der Waals surface area contributed by atoms with Crippen LogP contribution in [-0.4, -0.2) is 22.6 Å². The number of rotatable bonds is 1. The zero-order valence-electron chi connectivity index (χ0n) is 9.48. The summed E-state index contributed by atoms with van der Waals surface area (Å²) in [5.41, 5.74) is -0.261. The number of carbonyl (C=O) groups excluding carboxylic acids is 2. The summed E-state index contributed by atoms with van der Waals surface area (Å²) in [5.74, 6) is -0.503. The summed E-state index contributed by atoms with van der Waals surface area (Å²) in [4.78, 5) is 26.5. The number of imide groups is 1. The molecule has 0 atom stereocenters. The molecule has 0 unspecified atom stereocenters. The number of hydrogen-bond acceptors (Lipinski definition) is 4. The Hall–Kier alpha value is -1.91. The highest BCUT2D eigenvalue weighted by Crippen LogP contribution is 2.06. The van der Waals surface area contributed by atoms with Crippen LogP contribution in [0.4, 0.5) is 4.79 Å². The van der Waals surface area contributed by atoms with Gasteiger partial charge in [0.15, 0.2) is 0 Å². The molecule has 86 valence electrons. The number of amides is 2. The van der Waals surface area contributed by atoms with Crippen LogP contribution in [0.5, 0.6) is 0 Å². The average Bonchev–Trinajstić information content (AvgIpc) is 2.16. The highest BCUT2D eigenvalue weighted by atomic mass is 16.6. The highest BCUT2D eigenvalue weighted by Gasteiger charge is 2.18. The lowest BCUT2D eigenvalue weighted by atomic mass is 10.2. The molecule has 1 rings (SSSR count). The van der Waals surface area contributed by atoms with Crippen molar-refractivity contribution < 1.29 is 14.3 Å². The Kier molecular flexibility index (Phi) is 3.60. The van der Waals surface area contributed by atoms with Gasteiger partial charge in [-0.05, 0) is 32.9 Å². The van der Waals surface area contributed by atoms with Gasteiger partial charge in [-0.2, -0.15) is 0 Å². The topological polar surface area (TPSA) is 68.3 Å². The minimum Gasteiger partial charge on any atom is -0.444 e. The summed E-state index contributed by atoms with van der Waals surface area (Å²) in [5, 5.41) is 2.12. The molecule has 0 spiro atoms. The SMILES string of the molecule is CC(C)(C)OC(=O)NC(=O)c1ccncc1. The molecule has 1 aromatic heterocycles. The maximum Gasteiger partial charge on any atom is 0.414 e. The predicted octanol–water partition coefficient (Wildman–Crippen LogP) is 1.75. The molecule has 0 aliphatic carbocycles. The number of hydrogen-bond donors (Lipinski definition) is 1. The Labute approximate surface area is 93.8 Å². The van der Waals surface area contributed by atoms with Crippen LogP contribution < -0.4 is 5.32 Å². The van der Waals surface area contributed by atoms with Gasteiger partial charge in [0.25, 0.3) is 5.91 Å². The van der Waals surface area contributed by atoms with Crippen molar-refractivity contribution in [2.24, 2.45) is 0 Å². The zero-order chi connectivity index (χ0) is 12.2. The highest BCUT2D eigenvalue weighted by molar-refractivity contribution is 6.02. The van der Waals surface area contributed by atoms with Gasteiger partial charge in [0, 0.05) is 18.0 Å². The second-order valence-corrected chi connectivity index (χ2v) is 4.19. The normalized spacial score (nSPS) is 10.7. The lowest BCUT2D eigenvalue weighted by molar-refractivity contribution is 0.0508. The molecule has 0 aliphatic heterocycles. The first kappa shape index (κ1) is 12.2. The van der Waals surface area contributed by atoms with Crippen LogP contribution in [0.3, 0.4) is 0 Å². The van der Waals surface area contributed by atoms with E-state index in [-0.39, 0.29) is 0 Å². The number of carbonyl (C=O) groups is 2. The summed E-state index contributed by atoms with van der Waals surface area (Å²) < 4.78 is 4.94. The van der Waals surface area contributed by atoms with E-state index in [9.17, 15) is 9.59 Å². The second-order valence-electron chi connectivity index (χ2n) is 4.19. The van der Waals surface area contributed by atoms with Gasteiger partial charge in [0.05, 0.1) is 0 Å². The molecular weight excluding hydrogens is 208 g/mol. The fourth-order valence-corrected chi connectivity index (χ4v) is 0.972. The molecule has 16 heavy (non-hydrogen) atoms. The molecular formula is C11H14N2O3. The average molecular weight is 222 g/mol. The smallest absolute Gasteiger partial charge is 0.414 e. The van der Waals surface area contributed by atoms with Crippen molar-refractivity contribution in [1.29, 1.82) is 0 Å². The number of alkyl carbamates (subject to hydrolysis) is 1.